The number of benzene rings is 4. The molecule has 4 aromatic rings. The zero-order valence-corrected chi connectivity index (χ0v) is 18.9. The highest BCUT2D eigenvalue weighted by Gasteiger charge is 2.30. The minimum absolute atomic E-state index is 0.130. The molecule has 0 fully saturated rings. The molecule has 0 aliphatic heterocycles. The van der Waals surface area contributed by atoms with Crippen molar-refractivity contribution in [3.63, 3.8) is 0 Å². The summed E-state index contributed by atoms with van der Waals surface area (Å²) in [5.41, 5.74) is 0.422. The quantitative estimate of drug-likeness (QED) is 0.265. The molecule has 0 unspecified atom stereocenters. The summed E-state index contributed by atoms with van der Waals surface area (Å²) in [4.78, 5) is 25.6. The van der Waals surface area contributed by atoms with Crippen LogP contribution in [-0.2, 0) is 4.79 Å². The Balaban J connectivity index is 1.48. The summed E-state index contributed by atoms with van der Waals surface area (Å²) in [6, 6.07) is 23.8. The van der Waals surface area contributed by atoms with E-state index in [0.29, 0.717) is 33.0 Å². The Labute approximate surface area is 196 Å². The number of hydrogen-bond donors (Lipinski definition) is 2. The topological polar surface area (TPSA) is 75.6 Å². The number of anilines is 1. The molecule has 0 aliphatic carbocycles. The summed E-state index contributed by atoms with van der Waals surface area (Å²) in [5, 5.41) is 14.9. The molecule has 0 saturated heterocycles. The molecular weight excluding hydrogens is 438 g/mol. The largest absolute Gasteiger partial charge is 0.507 e. The average Bonchev–Trinajstić information content (AvgIpc) is 2.81. The van der Waals surface area contributed by atoms with Crippen molar-refractivity contribution in [2.75, 3.05) is 5.32 Å². The van der Waals surface area contributed by atoms with Crippen molar-refractivity contribution < 1.29 is 19.4 Å². The van der Waals surface area contributed by atoms with Gasteiger partial charge in [0.05, 0.1) is 0 Å². The molecule has 0 aliphatic rings. The molecule has 1 amide bonds. The van der Waals surface area contributed by atoms with Gasteiger partial charge in [-0.05, 0) is 74.5 Å². The first-order valence-corrected chi connectivity index (χ1v) is 10.7. The van der Waals surface area contributed by atoms with E-state index in [1.807, 2.05) is 18.2 Å². The summed E-state index contributed by atoms with van der Waals surface area (Å²) >= 11 is 5.89. The van der Waals surface area contributed by atoms with Crippen LogP contribution in [0.3, 0.4) is 0 Å². The number of nitrogens with one attached hydrogen (secondary N) is 1. The van der Waals surface area contributed by atoms with Gasteiger partial charge in [-0.3, -0.25) is 9.59 Å². The van der Waals surface area contributed by atoms with E-state index < -0.39 is 5.60 Å². The lowest BCUT2D eigenvalue weighted by Gasteiger charge is -2.26. The van der Waals surface area contributed by atoms with Crippen LogP contribution >= 0.6 is 11.6 Å². The van der Waals surface area contributed by atoms with Crippen molar-refractivity contribution in [2.45, 2.75) is 19.4 Å². The maximum Gasteiger partial charge on any atom is 0.267 e. The van der Waals surface area contributed by atoms with E-state index in [-0.39, 0.29) is 17.4 Å². The van der Waals surface area contributed by atoms with E-state index in [0.717, 1.165) is 5.39 Å². The van der Waals surface area contributed by atoms with Gasteiger partial charge in [0.2, 0.25) is 0 Å². The molecule has 0 spiro atoms. The number of ether oxygens (including phenoxy) is 1. The van der Waals surface area contributed by atoms with Gasteiger partial charge in [-0.1, -0.05) is 35.9 Å². The van der Waals surface area contributed by atoms with Gasteiger partial charge in [0.25, 0.3) is 5.91 Å². The Morgan fingerprint density at radius 2 is 1.39 bits per heavy atom. The van der Waals surface area contributed by atoms with E-state index in [1.54, 1.807) is 80.6 Å². The van der Waals surface area contributed by atoms with Gasteiger partial charge < -0.3 is 15.2 Å². The predicted octanol–water partition coefficient (Wildman–Crippen LogP) is 6.23. The normalized spacial score (nSPS) is 11.2. The van der Waals surface area contributed by atoms with E-state index >= 15 is 0 Å². The summed E-state index contributed by atoms with van der Waals surface area (Å²) in [7, 11) is 0. The number of fused-ring (bicyclic) bond motifs is 1. The third kappa shape index (κ3) is 4.83. The third-order valence-electron chi connectivity index (χ3n) is 5.29. The molecule has 0 saturated carbocycles. The second-order valence-electron chi connectivity index (χ2n) is 8.10. The van der Waals surface area contributed by atoms with Crippen molar-refractivity contribution in [1.29, 1.82) is 0 Å². The Morgan fingerprint density at radius 1 is 0.818 bits per heavy atom. The first-order valence-electron chi connectivity index (χ1n) is 10.4. The van der Waals surface area contributed by atoms with Crippen LogP contribution in [0.4, 0.5) is 5.69 Å². The Hall–Kier alpha value is -3.83. The summed E-state index contributed by atoms with van der Waals surface area (Å²) in [6.07, 6.45) is 0. The molecule has 0 bridgehead atoms. The second-order valence-corrected chi connectivity index (χ2v) is 8.54. The maximum atomic E-state index is 13.0. The van der Waals surface area contributed by atoms with Crippen LogP contribution in [0.5, 0.6) is 11.5 Å². The molecule has 6 heteroatoms. The summed E-state index contributed by atoms with van der Waals surface area (Å²) in [6.45, 7) is 3.33. The van der Waals surface area contributed by atoms with Crippen LogP contribution < -0.4 is 10.1 Å². The summed E-state index contributed by atoms with van der Waals surface area (Å²) in [5.74, 6) is 0.125. The number of hydrogen-bond acceptors (Lipinski definition) is 4. The molecule has 5 nitrogen and oxygen atoms in total. The molecular formula is C27H22ClNO4. The van der Waals surface area contributed by atoms with Crippen LogP contribution in [0.25, 0.3) is 10.8 Å². The van der Waals surface area contributed by atoms with Gasteiger partial charge in [0.15, 0.2) is 11.4 Å². The van der Waals surface area contributed by atoms with Crippen molar-refractivity contribution in [1.82, 2.24) is 0 Å². The van der Waals surface area contributed by atoms with E-state index in [2.05, 4.69) is 5.32 Å². The molecule has 2 N–H and O–H groups in total. The zero-order valence-electron chi connectivity index (χ0n) is 18.1. The van der Waals surface area contributed by atoms with E-state index in [1.165, 1.54) is 0 Å². The smallest absolute Gasteiger partial charge is 0.267 e. The van der Waals surface area contributed by atoms with Crippen LogP contribution in [-0.4, -0.2) is 22.4 Å². The number of ketones is 1. The van der Waals surface area contributed by atoms with Gasteiger partial charge in [0.1, 0.15) is 11.5 Å². The van der Waals surface area contributed by atoms with Gasteiger partial charge in [-0.2, -0.15) is 0 Å². The Morgan fingerprint density at radius 3 is 2.03 bits per heavy atom. The Bertz CT molecular complexity index is 1330. The molecule has 166 valence electrons. The molecule has 0 atom stereocenters. The molecule has 33 heavy (non-hydrogen) atoms. The van der Waals surface area contributed by atoms with Gasteiger partial charge in [0, 0.05) is 32.6 Å². The van der Waals surface area contributed by atoms with Gasteiger partial charge in [-0.25, -0.2) is 0 Å². The number of phenols is 1. The number of amides is 1. The van der Waals surface area contributed by atoms with Crippen LogP contribution in [0, 0.1) is 0 Å². The molecule has 0 heterocycles. The summed E-state index contributed by atoms with van der Waals surface area (Å²) < 4.78 is 5.94. The molecule has 4 rings (SSSR count). The second kappa shape index (κ2) is 8.96. The molecule has 0 radical (unpaired) electrons. The van der Waals surface area contributed by atoms with Gasteiger partial charge >= 0.3 is 0 Å². The van der Waals surface area contributed by atoms with Crippen LogP contribution in [0.15, 0.2) is 84.9 Å². The fourth-order valence-corrected chi connectivity index (χ4v) is 3.57. The number of rotatable bonds is 6. The average molecular weight is 460 g/mol. The minimum atomic E-state index is -1.19. The van der Waals surface area contributed by atoms with E-state index in [9.17, 15) is 14.7 Å². The lowest BCUT2D eigenvalue weighted by Crippen LogP contribution is -2.42. The fraction of sp³-hybridized carbons (Fsp3) is 0.111. The van der Waals surface area contributed by atoms with Crippen LogP contribution in [0.1, 0.15) is 29.8 Å². The predicted molar refractivity (Wildman–Crippen MR) is 130 cm³/mol. The Kier molecular flexibility index (Phi) is 6.07. The number of halogens is 1. The van der Waals surface area contributed by atoms with Crippen molar-refractivity contribution in [3.05, 3.63) is 101 Å². The third-order valence-corrected chi connectivity index (χ3v) is 5.54. The monoisotopic (exact) mass is 459 g/mol. The van der Waals surface area contributed by atoms with E-state index in [4.69, 9.17) is 16.3 Å². The van der Waals surface area contributed by atoms with Crippen molar-refractivity contribution in [2.24, 2.45) is 0 Å². The first kappa shape index (κ1) is 22.4. The number of carbonyl (C=O) groups excluding carboxylic acids is 2. The maximum absolute atomic E-state index is 13.0. The highest BCUT2D eigenvalue weighted by atomic mass is 35.5. The number of aromatic hydroxyl groups is 1. The highest BCUT2D eigenvalue weighted by molar-refractivity contribution is 6.30. The standard InChI is InChI=1S/C27H22ClNO4/c1-27(2,26(32)29-23-15-16-24(30)22-6-4-3-5-21(22)23)33-20-13-9-18(10-14-20)25(31)17-7-11-19(28)12-8-17/h3-16,30H,1-2H3,(H,29,32). The van der Waals surface area contributed by atoms with Crippen molar-refractivity contribution >= 4 is 39.8 Å². The fourth-order valence-electron chi connectivity index (χ4n) is 3.45. The minimum Gasteiger partial charge on any atom is -0.507 e. The lowest BCUT2D eigenvalue weighted by atomic mass is 10.0. The zero-order chi connectivity index (χ0) is 23.6. The molecule has 0 aromatic heterocycles. The SMILES string of the molecule is CC(C)(Oc1ccc(C(=O)c2ccc(Cl)cc2)cc1)C(=O)Nc1ccc(O)c2ccccc12. The van der Waals surface area contributed by atoms with Gasteiger partial charge in [-0.15, -0.1) is 0 Å². The number of carbonyl (C=O) groups is 2. The van der Waals surface area contributed by atoms with Crippen molar-refractivity contribution in [3.8, 4) is 11.5 Å². The molecule has 4 aromatic carbocycles. The lowest BCUT2D eigenvalue weighted by molar-refractivity contribution is -0.128. The highest BCUT2D eigenvalue weighted by Crippen LogP contribution is 2.31. The van der Waals surface area contributed by atoms with Crippen LogP contribution in [0.2, 0.25) is 5.02 Å². The first-order chi connectivity index (χ1) is 15.7. The number of phenolic OH excluding ortho intramolecular Hbond substituents is 1.